The number of ether oxygens (including phenoxy) is 1. The maximum Gasteiger partial charge on any atom is 0.416 e. The van der Waals surface area contributed by atoms with Gasteiger partial charge in [0.1, 0.15) is 11.6 Å². The third kappa shape index (κ3) is 4.58. The van der Waals surface area contributed by atoms with E-state index in [0.717, 1.165) is 29.4 Å². The minimum Gasteiger partial charge on any atom is -0.495 e. The quantitative estimate of drug-likeness (QED) is 0.358. The lowest BCUT2D eigenvalue weighted by atomic mass is 9.88. The smallest absolute Gasteiger partial charge is 0.416 e. The molecule has 35 heavy (non-hydrogen) atoms. The summed E-state index contributed by atoms with van der Waals surface area (Å²) in [6.45, 7) is 2.55. The van der Waals surface area contributed by atoms with E-state index in [4.69, 9.17) is 4.74 Å². The second kappa shape index (κ2) is 9.05. The topological polar surface area (TPSA) is 57.8 Å². The van der Waals surface area contributed by atoms with E-state index < -0.39 is 17.7 Å². The Morgan fingerprint density at radius 3 is 2.69 bits per heavy atom. The summed E-state index contributed by atoms with van der Waals surface area (Å²) in [4.78, 5) is 8.87. The molecule has 1 aliphatic rings. The van der Waals surface area contributed by atoms with Crippen LogP contribution in [-0.2, 0) is 12.7 Å². The first-order valence-corrected chi connectivity index (χ1v) is 11.3. The number of aromatic nitrogens is 5. The predicted octanol–water partition coefficient (Wildman–Crippen LogP) is 5.90. The Balaban J connectivity index is 1.43. The number of aryl methyl sites for hydroxylation is 2. The third-order valence-electron chi connectivity index (χ3n) is 6.15. The summed E-state index contributed by atoms with van der Waals surface area (Å²) in [6, 6.07) is 11.5. The minimum atomic E-state index is -4.41. The van der Waals surface area contributed by atoms with Crippen molar-refractivity contribution >= 4 is 12.2 Å². The Labute approximate surface area is 200 Å². The third-order valence-corrected chi connectivity index (χ3v) is 6.15. The molecule has 0 radical (unpaired) electrons. The van der Waals surface area contributed by atoms with Gasteiger partial charge >= 0.3 is 6.18 Å². The van der Waals surface area contributed by atoms with Gasteiger partial charge in [0.2, 0.25) is 0 Å². The minimum absolute atomic E-state index is 0.249. The average molecular weight is 480 g/mol. The molecule has 1 atom stereocenters. The summed E-state index contributed by atoms with van der Waals surface area (Å²) < 4.78 is 50.1. The largest absolute Gasteiger partial charge is 0.495 e. The van der Waals surface area contributed by atoms with E-state index in [9.17, 15) is 13.2 Å². The Kier molecular flexibility index (Phi) is 5.92. The van der Waals surface area contributed by atoms with E-state index in [2.05, 4.69) is 15.1 Å². The van der Waals surface area contributed by atoms with Crippen molar-refractivity contribution in [2.45, 2.75) is 38.4 Å². The van der Waals surface area contributed by atoms with Crippen LogP contribution in [-0.4, -0.2) is 31.4 Å². The van der Waals surface area contributed by atoms with Crippen molar-refractivity contribution in [3.63, 3.8) is 0 Å². The van der Waals surface area contributed by atoms with Crippen molar-refractivity contribution in [3.05, 3.63) is 89.0 Å². The summed E-state index contributed by atoms with van der Waals surface area (Å²) in [6.07, 6.45) is 4.21. The summed E-state index contributed by atoms with van der Waals surface area (Å²) in [5.41, 5.74) is 2.29. The van der Waals surface area contributed by atoms with Gasteiger partial charge < -0.3 is 9.30 Å². The molecule has 3 heterocycles. The molecule has 0 saturated heterocycles. The molecule has 0 saturated carbocycles. The fourth-order valence-corrected chi connectivity index (χ4v) is 4.53. The van der Waals surface area contributed by atoms with Crippen molar-refractivity contribution in [1.29, 1.82) is 0 Å². The first-order chi connectivity index (χ1) is 16.8. The lowest BCUT2D eigenvalue weighted by molar-refractivity contribution is -0.138. The number of imidazole rings is 1. The standard InChI is InChI=1S/C26H24F3N5O/c1-17-15-33(16-30-17)22-11-9-18(14-23(22)35-2)10-12-24-31-25-20(7-5-13-34(25)32-24)19-6-3-4-8-21(19)26(27,28)29/h3-4,6,8-12,14-16,20H,5,7,13H2,1-2H3/b12-10+. The van der Waals surface area contributed by atoms with E-state index in [-0.39, 0.29) is 5.56 Å². The summed E-state index contributed by atoms with van der Waals surface area (Å²) in [5, 5.41) is 4.54. The highest BCUT2D eigenvalue weighted by atomic mass is 19.4. The number of hydrogen-bond donors (Lipinski definition) is 0. The highest BCUT2D eigenvalue weighted by Crippen LogP contribution is 2.40. The highest BCUT2D eigenvalue weighted by Gasteiger charge is 2.37. The molecular weight excluding hydrogens is 455 g/mol. The predicted molar refractivity (Wildman–Crippen MR) is 126 cm³/mol. The Morgan fingerprint density at radius 1 is 1.11 bits per heavy atom. The Bertz CT molecular complexity index is 1390. The van der Waals surface area contributed by atoms with Gasteiger partial charge in [-0.1, -0.05) is 30.3 Å². The number of fused-ring (bicyclic) bond motifs is 1. The van der Waals surface area contributed by atoms with Gasteiger partial charge in [-0.15, -0.1) is 0 Å². The van der Waals surface area contributed by atoms with Crippen LogP contribution in [0.5, 0.6) is 5.75 Å². The molecule has 0 bridgehead atoms. The fraction of sp³-hybridized carbons (Fsp3) is 0.269. The van der Waals surface area contributed by atoms with Gasteiger partial charge in [0.25, 0.3) is 0 Å². The van der Waals surface area contributed by atoms with E-state index >= 15 is 0 Å². The summed E-state index contributed by atoms with van der Waals surface area (Å²) in [7, 11) is 1.61. The normalized spacial score (nSPS) is 16.0. The van der Waals surface area contributed by atoms with Crippen LogP contribution in [0.25, 0.3) is 17.8 Å². The van der Waals surface area contributed by atoms with Crippen LogP contribution in [0.1, 0.15) is 52.8 Å². The molecule has 9 heteroatoms. The molecule has 4 aromatic rings. The van der Waals surface area contributed by atoms with Gasteiger partial charge in [-0.25, -0.2) is 14.6 Å². The van der Waals surface area contributed by atoms with Crippen LogP contribution >= 0.6 is 0 Å². The van der Waals surface area contributed by atoms with Crippen molar-refractivity contribution in [2.75, 3.05) is 7.11 Å². The lowest BCUT2D eigenvalue weighted by Crippen LogP contribution is -2.21. The van der Waals surface area contributed by atoms with E-state index in [1.807, 2.05) is 42.0 Å². The van der Waals surface area contributed by atoms with Gasteiger partial charge in [0.05, 0.1) is 30.4 Å². The van der Waals surface area contributed by atoms with E-state index in [1.54, 1.807) is 36.3 Å². The number of halogens is 3. The molecular formula is C26H24F3N5O. The van der Waals surface area contributed by atoms with Gasteiger partial charge in [-0.2, -0.15) is 18.3 Å². The maximum absolute atomic E-state index is 13.6. The van der Waals surface area contributed by atoms with Crippen molar-refractivity contribution < 1.29 is 17.9 Å². The van der Waals surface area contributed by atoms with Crippen LogP contribution in [0, 0.1) is 6.92 Å². The summed E-state index contributed by atoms with van der Waals surface area (Å²) in [5.74, 6) is 1.26. The SMILES string of the molecule is COc1cc(/C=C/c2nc3n(n2)CCCC3c2ccccc2C(F)(F)F)ccc1-n1cnc(C)c1. The molecule has 0 fully saturated rings. The van der Waals surface area contributed by atoms with Crippen LogP contribution in [0.4, 0.5) is 13.2 Å². The molecule has 6 nitrogen and oxygen atoms in total. The lowest BCUT2D eigenvalue weighted by Gasteiger charge is -2.25. The van der Waals surface area contributed by atoms with Crippen LogP contribution in [0.15, 0.2) is 55.0 Å². The zero-order valence-electron chi connectivity index (χ0n) is 19.3. The van der Waals surface area contributed by atoms with Crippen molar-refractivity contribution in [1.82, 2.24) is 24.3 Å². The van der Waals surface area contributed by atoms with Gasteiger partial charge in [-0.05, 0) is 55.2 Å². The first-order valence-electron chi connectivity index (χ1n) is 11.3. The van der Waals surface area contributed by atoms with Crippen molar-refractivity contribution in [3.8, 4) is 11.4 Å². The molecule has 5 rings (SSSR count). The van der Waals surface area contributed by atoms with Crippen LogP contribution < -0.4 is 4.74 Å². The van der Waals surface area contributed by atoms with Gasteiger partial charge in [0.15, 0.2) is 5.82 Å². The van der Waals surface area contributed by atoms with Gasteiger partial charge in [0, 0.05) is 18.7 Å². The number of benzene rings is 2. The zero-order chi connectivity index (χ0) is 24.6. The molecule has 0 aliphatic carbocycles. The number of nitrogens with zero attached hydrogens (tertiary/aromatic N) is 5. The summed E-state index contributed by atoms with van der Waals surface area (Å²) >= 11 is 0. The highest BCUT2D eigenvalue weighted by molar-refractivity contribution is 5.69. The number of hydrogen-bond acceptors (Lipinski definition) is 4. The molecule has 1 aliphatic heterocycles. The average Bonchev–Trinajstić information content (AvgIpc) is 3.47. The monoisotopic (exact) mass is 479 g/mol. The van der Waals surface area contributed by atoms with Gasteiger partial charge in [-0.3, -0.25) is 0 Å². The second-order valence-corrected chi connectivity index (χ2v) is 8.52. The second-order valence-electron chi connectivity index (χ2n) is 8.52. The fourth-order valence-electron chi connectivity index (χ4n) is 4.53. The van der Waals surface area contributed by atoms with Crippen LogP contribution in [0.2, 0.25) is 0 Å². The molecule has 0 amide bonds. The molecule has 0 spiro atoms. The molecule has 2 aromatic carbocycles. The molecule has 180 valence electrons. The molecule has 0 N–H and O–H groups in total. The van der Waals surface area contributed by atoms with E-state index in [1.165, 1.54) is 6.07 Å². The Hall–Kier alpha value is -3.88. The van der Waals surface area contributed by atoms with Crippen LogP contribution in [0.3, 0.4) is 0 Å². The van der Waals surface area contributed by atoms with Crippen molar-refractivity contribution in [2.24, 2.45) is 0 Å². The first kappa shape index (κ1) is 22.9. The number of rotatable bonds is 5. The zero-order valence-corrected chi connectivity index (χ0v) is 19.3. The molecule has 1 unspecified atom stereocenters. The Morgan fingerprint density at radius 2 is 1.94 bits per heavy atom. The van der Waals surface area contributed by atoms with E-state index in [0.29, 0.717) is 30.4 Å². The molecule has 2 aromatic heterocycles. The maximum atomic E-state index is 13.6. The number of methoxy groups -OCH3 is 1. The number of alkyl halides is 3.